The number of aryl methyl sites for hydroxylation is 2. The molecule has 0 fully saturated rings. The highest BCUT2D eigenvalue weighted by Gasteiger charge is 2.18. The zero-order chi connectivity index (χ0) is 16.4. The van der Waals surface area contributed by atoms with E-state index in [1.165, 1.54) is 17.3 Å². The predicted molar refractivity (Wildman–Crippen MR) is 97.3 cm³/mol. The van der Waals surface area contributed by atoms with Gasteiger partial charge in [0, 0.05) is 11.1 Å². The van der Waals surface area contributed by atoms with Gasteiger partial charge in [-0.2, -0.15) is 0 Å². The molecule has 0 saturated heterocycles. The van der Waals surface area contributed by atoms with E-state index in [-0.39, 0.29) is 11.2 Å². The number of rotatable bonds is 4. The van der Waals surface area contributed by atoms with Crippen molar-refractivity contribution in [3.05, 3.63) is 47.1 Å². The molecular formula is C17H17N3OS2. The highest BCUT2D eigenvalue weighted by Crippen LogP contribution is 2.30. The molecule has 4 nitrogen and oxygen atoms in total. The number of nitrogens with one attached hydrogen (secondary N) is 1. The van der Waals surface area contributed by atoms with Gasteiger partial charge in [0.2, 0.25) is 5.91 Å². The minimum atomic E-state index is -0.242. The molecule has 1 atom stereocenters. The average Bonchev–Trinajstić information content (AvgIpc) is 2.99. The number of aromatic nitrogens is 2. The first-order chi connectivity index (χ1) is 11.0. The molecule has 3 aromatic rings. The van der Waals surface area contributed by atoms with Crippen molar-refractivity contribution in [1.82, 2.24) is 9.97 Å². The average molecular weight is 343 g/mol. The maximum Gasteiger partial charge on any atom is 0.237 e. The Balaban J connectivity index is 1.74. The van der Waals surface area contributed by atoms with Gasteiger partial charge in [-0.25, -0.2) is 9.97 Å². The normalized spacial score (nSPS) is 12.3. The summed E-state index contributed by atoms with van der Waals surface area (Å²) in [4.78, 5) is 22.0. The maximum absolute atomic E-state index is 12.5. The quantitative estimate of drug-likeness (QED) is 0.562. The molecule has 0 radical (unpaired) electrons. The van der Waals surface area contributed by atoms with E-state index in [1.807, 2.05) is 44.4 Å². The Hall–Kier alpha value is -1.92. The Morgan fingerprint density at radius 1 is 1.26 bits per heavy atom. The molecular weight excluding hydrogens is 326 g/mol. The van der Waals surface area contributed by atoms with Crippen LogP contribution >= 0.6 is 23.1 Å². The second-order valence-electron chi connectivity index (χ2n) is 5.39. The zero-order valence-electron chi connectivity index (χ0n) is 13.2. The highest BCUT2D eigenvalue weighted by molar-refractivity contribution is 8.00. The van der Waals surface area contributed by atoms with Gasteiger partial charge in [-0.1, -0.05) is 29.5 Å². The van der Waals surface area contributed by atoms with Gasteiger partial charge in [0.1, 0.15) is 16.2 Å². The molecule has 0 unspecified atom stereocenters. The number of amides is 1. The number of thioether (sulfide) groups is 1. The highest BCUT2D eigenvalue weighted by atomic mass is 32.2. The van der Waals surface area contributed by atoms with E-state index in [9.17, 15) is 4.79 Å². The van der Waals surface area contributed by atoms with Gasteiger partial charge in [0.15, 0.2) is 0 Å². The molecule has 0 saturated carbocycles. The van der Waals surface area contributed by atoms with E-state index in [0.29, 0.717) is 0 Å². The van der Waals surface area contributed by atoms with Crippen molar-refractivity contribution in [3.63, 3.8) is 0 Å². The van der Waals surface area contributed by atoms with Crippen LogP contribution in [-0.2, 0) is 4.79 Å². The molecule has 23 heavy (non-hydrogen) atoms. The van der Waals surface area contributed by atoms with Crippen molar-refractivity contribution in [2.24, 2.45) is 0 Å². The Morgan fingerprint density at radius 3 is 2.87 bits per heavy atom. The molecule has 3 rings (SSSR count). The lowest BCUT2D eigenvalue weighted by Crippen LogP contribution is -2.23. The standard InChI is InChI=1S/C17H17N3OS2/c1-10-4-5-14(11(2)8-10)20-15(21)12(3)23-17-13-6-7-22-16(13)18-9-19-17/h4-9,12H,1-3H3,(H,20,21)/t12-/m0/s1. The molecule has 0 spiro atoms. The summed E-state index contributed by atoms with van der Waals surface area (Å²) in [5.41, 5.74) is 3.11. The number of anilines is 1. The largest absolute Gasteiger partial charge is 0.325 e. The van der Waals surface area contributed by atoms with Gasteiger partial charge < -0.3 is 5.32 Å². The van der Waals surface area contributed by atoms with Crippen molar-refractivity contribution < 1.29 is 4.79 Å². The summed E-state index contributed by atoms with van der Waals surface area (Å²) in [5.74, 6) is -0.0241. The molecule has 6 heteroatoms. The summed E-state index contributed by atoms with van der Waals surface area (Å²) in [6.07, 6.45) is 1.55. The number of carbonyl (C=O) groups excluding carboxylic acids is 1. The summed E-state index contributed by atoms with van der Waals surface area (Å²) < 4.78 is 0. The first-order valence-electron chi connectivity index (χ1n) is 7.27. The van der Waals surface area contributed by atoms with Gasteiger partial charge in [-0.15, -0.1) is 11.3 Å². The van der Waals surface area contributed by atoms with Gasteiger partial charge in [-0.05, 0) is 43.8 Å². The van der Waals surface area contributed by atoms with E-state index in [2.05, 4.69) is 21.4 Å². The number of hydrogen-bond donors (Lipinski definition) is 1. The van der Waals surface area contributed by atoms with E-state index in [1.54, 1.807) is 17.7 Å². The third kappa shape index (κ3) is 3.54. The van der Waals surface area contributed by atoms with Crippen LogP contribution < -0.4 is 5.32 Å². The second kappa shape index (κ2) is 6.68. The molecule has 2 heterocycles. The third-order valence-electron chi connectivity index (χ3n) is 3.52. The summed E-state index contributed by atoms with van der Waals surface area (Å²) in [6.45, 7) is 5.93. The molecule has 2 aromatic heterocycles. The lowest BCUT2D eigenvalue weighted by atomic mass is 10.1. The van der Waals surface area contributed by atoms with E-state index >= 15 is 0 Å². The number of thiophene rings is 1. The zero-order valence-corrected chi connectivity index (χ0v) is 14.8. The van der Waals surface area contributed by atoms with Crippen molar-refractivity contribution in [3.8, 4) is 0 Å². The summed E-state index contributed by atoms with van der Waals surface area (Å²) >= 11 is 3.04. The van der Waals surface area contributed by atoms with Crippen LogP contribution in [0.25, 0.3) is 10.2 Å². The number of fused-ring (bicyclic) bond motifs is 1. The Morgan fingerprint density at radius 2 is 2.09 bits per heavy atom. The van der Waals surface area contributed by atoms with Gasteiger partial charge in [-0.3, -0.25) is 4.79 Å². The minimum absolute atomic E-state index is 0.0241. The SMILES string of the molecule is Cc1ccc(NC(=O)[C@H](C)Sc2ncnc3sccc23)c(C)c1. The molecule has 0 aliphatic rings. The molecule has 1 amide bonds. The number of hydrogen-bond acceptors (Lipinski definition) is 5. The molecule has 0 aliphatic carbocycles. The van der Waals surface area contributed by atoms with Crippen molar-refractivity contribution in [2.45, 2.75) is 31.0 Å². The number of nitrogens with zero attached hydrogens (tertiary/aromatic N) is 2. The second-order valence-corrected chi connectivity index (χ2v) is 7.61. The smallest absolute Gasteiger partial charge is 0.237 e. The predicted octanol–water partition coefficient (Wildman–Crippen LogP) is 4.43. The molecule has 1 aromatic carbocycles. The van der Waals surface area contributed by atoms with Gasteiger partial charge >= 0.3 is 0 Å². The minimum Gasteiger partial charge on any atom is -0.325 e. The molecule has 118 valence electrons. The van der Waals surface area contributed by atoms with Crippen LogP contribution in [0, 0.1) is 13.8 Å². The fourth-order valence-corrected chi connectivity index (χ4v) is 3.97. The third-order valence-corrected chi connectivity index (χ3v) is 5.46. The van der Waals surface area contributed by atoms with Crippen LogP contribution in [-0.4, -0.2) is 21.1 Å². The fraction of sp³-hybridized carbons (Fsp3) is 0.235. The molecule has 0 aliphatic heterocycles. The lowest BCUT2D eigenvalue weighted by molar-refractivity contribution is -0.115. The van der Waals surface area contributed by atoms with E-state index in [4.69, 9.17) is 0 Å². The number of carbonyl (C=O) groups is 1. The summed E-state index contributed by atoms with van der Waals surface area (Å²) in [6, 6.07) is 8.01. The Labute approximate surface area is 143 Å². The lowest BCUT2D eigenvalue weighted by Gasteiger charge is -2.13. The Kier molecular flexibility index (Phi) is 4.63. The fourth-order valence-electron chi connectivity index (χ4n) is 2.27. The monoisotopic (exact) mass is 343 g/mol. The Bertz CT molecular complexity index is 860. The molecule has 0 bridgehead atoms. The summed E-state index contributed by atoms with van der Waals surface area (Å²) in [7, 11) is 0. The van der Waals surface area contributed by atoms with Crippen LogP contribution in [0.5, 0.6) is 0 Å². The van der Waals surface area contributed by atoms with Crippen LogP contribution in [0.4, 0.5) is 5.69 Å². The van der Waals surface area contributed by atoms with Gasteiger partial charge in [0.05, 0.1) is 5.25 Å². The van der Waals surface area contributed by atoms with Gasteiger partial charge in [0.25, 0.3) is 0 Å². The van der Waals surface area contributed by atoms with Crippen molar-refractivity contribution in [2.75, 3.05) is 5.32 Å². The topological polar surface area (TPSA) is 54.9 Å². The van der Waals surface area contributed by atoms with Crippen molar-refractivity contribution >= 4 is 44.9 Å². The van der Waals surface area contributed by atoms with E-state index < -0.39 is 0 Å². The molecule has 1 N–H and O–H groups in total. The van der Waals surface area contributed by atoms with Crippen molar-refractivity contribution in [1.29, 1.82) is 0 Å². The summed E-state index contributed by atoms with van der Waals surface area (Å²) in [5, 5.41) is 6.60. The van der Waals surface area contributed by atoms with E-state index in [0.717, 1.165) is 26.5 Å². The number of benzene rings is 1. The first kappa shape index (κ1) is 16.0. The van der Waals surface area contributed by atoms with Crippen LogP contribution in [0.2, 0.25) is 0 Å². The first-order valence-corrected chi connectivity index (χ1v) is 9.03. The van der Waals surface area contributed by atoms with Crippen LogP contribution in [0.15, 0.2) is 41.0 Å². The van der Waals surface area contributed by atoms with Crippen LogP contribution in [0.3, 0.4) is 0 Å². The van der Waals surface area contributed by atoms with Crippen LogP contribution in [0.1, 0.15) is 18.1 Å². The maximum atomic E-state index is 12.5.